The topological polar surface area (TPSA) is 153 Å². The Hall–Kier alpha value is -4.60. The van der Waals surface area contributed by atoms with Crippen LogP contribution in [0.25, 0.3) is 0 Å². The van der Waals surface area contributed by atoms with Gasteiger partial charge >= 0.3 is 5.69 Å². The Morgan fingerprint density at radius 1 is 1.06 bits per heavy atom. The number of nitrogens with one attached hydrogen (secondary N) is 3. The summed E-state index contributed by atoms with van der Waals surface area (Å²) in [5, 5.41) is 25.1. The Bertz CT molecular complexity index is 1160. The Morgan fingerprint density at radius 2 is 1.65 bits per heavy atom. The van der Waals surface area contributed by atoms with E-state index in [0.717, 1.165) is 5.56 Å². The number of nitrogens with two attached hydrogens (primary N) is 1. The summed E-state index contributed by atoms with van der Waals surface area (Å²) in [6.07, 6.45) is 0. The van der Waals surface area contributed by atoms with Crippen LogP contribution in [0.1, 0.15) is 22.7 Å². The fraction of sp³-hybridized carbons (Fsp3) is 0.167. The second kappa shape index (κ2) is 10.8. The quantitative estimate of drug-likeness (QED) is 0.156. The minimum atomic E-state index is -0.935. The third-order valence-electron chi connectivity index (χ3n) is 5.10. The molecule has 0 radical (unpaired) electrons. The number of amidine groups is 1. The number of benzene rings is 3. The lowest BCUT2D eigenvalue weighted by Crippen LogP contribution is -2.33. The number of methoxy groups -OCH3 is 2. The summed E-state index contributed by atoms with van der Waals surface area (Å²) in [7, 11) is 2.62. The number of anilines is 1. The lowest BCUT2D eigenvalue weighted by Gasteiger charge is -2.21. The highest BCUT2D eigenvalue weighted by molar-refractivity contribution is 5.95. The summed E-state index contributed by atoms with van der Waals surface area (Å²) < 4.78 is 10.4. The number of rotatable bonds is 10. The van der Waals surface area contributed by atoms with Gasteiger partial charge in [0.1, 0.15) is 11.9 Å². The molecule has 5 N–H and O–H groups in total. The fourth-order valence-electron chi connectivity index (χ4n) is 3.36. The van der Waals surface area contributed by atoms with Gasteiger partial charge in [0.2, 0.25) is 17.4 Å². The summed E-state index contributed by atoms with van der Waals surface area (Å²) in [5.41, 5.74) is 7.63. The van der Waals surface area contributed by atoms with Crippen molar-refractivity contribution in [1.29, 1.82) is 5.41 Å². The van der Waals surface area contributed by atoms with E-state index in [0.29, 0.717) is 23.4 Å². The second-order valence-corrected chi connectivity index (χ2v) is 7.30. The van der Waals surface area contributed by atoms with Crippen molar-refractivity contribution in [2.75, 3.05) is 19.5 Å². The Balaban J connectivity index is 1.98. The van der Waals surface area contributed by atoms with Crippen molar-refractivity contribution in [3.63, 3.8) is 0 Å². The standard InChI is InChI=1S/C24H25N5O5/c1-33-19-12-17(13-20(34-2)22(19)29(31)32)21(24(30)27-14-15-6-4-3-5-7-15)28-18-10-8-16(9-11-18)23(25)26/h3-13,21,28H,14H2,1-2H3,(H3,25,26)(H,27,30). The maximum atomic E-state index is 13.3. The van der Waals surface area contributed by atoms with Gasteiger partial charge in [0.05, 0.1) is 19.1 Å². The number of nitro benzene ring substituents is 1. The first kappa shape index (κ1) is 24.1. The van der Waals surface area contributed by atoms with E-state index in [9.17, 15) is 14.9 Å². The van der Waals surface area contributed by atoms with Crippen molar-refractivity contribution in [2.24, 2.45) is 5.73 Å². The van der Waals surface area contributed by atoms with Crippen molar-refractivity contribution in [3.05, 3.63) is 93.5 Å². The Labute approximate surface area is 196 Å². The molecule has 0 aliphatic rings. The molecule has 0 bridgehead atoms. The van der Waals surface area contributed by atoms with Gasteiger partial charge in [0.25, 0.3) is 0 Å². The van der Waals surface area contributed by atoms with Crippen molar-refractivity contribution in [2.45, 2.75) is 12.6 Å². The molecular formula is C24H25N5O5. The molecule has 3 aromatic carbocycles. The van der Waals surface area contributed by atoms with Crippen LogP contribution in [0.2, 0.25) is 0 Å². The molecule has 34 heavy (non-hydrogen) atoms. The molecule has 1 unspecified atom stereocenters. The van der Waals surface area contributed by atoms with E-state index in [1.165, 1.54) is 26.4 Å². The summed E-state index contributed by atoms with van der Waals surface area (Å²) in [6.45, 7) is 0.294. The fourth-order valence-corrected chi connectivity index (χ4v) is 3.36. The monoisotopic (exact) mass is 463 g/mol. The minimum absolute atomic E-state index is 0.0334. The normalized spacial score (nSPS) is 11.2. The van der Waals surface area contributed by atoms with Crippen molar-refractivity contribution < 1.29 is 19.2 Å². The van der Waals surface area contributed by atoms with Crippen LogP contribution in [-0.4, -0.2) is 30.9 Å². The first-order valence-corrected chi connectivity index (χ1v) is 10.3. The summed E-state index contributed by atoms with van der Waals surface area (Å²) in [6, 6.07) is 18.0. The molecule has 0 saturated heterocycles. The predicted octanol–water partition coefficient (Wildman–Crippen LogP) is 3.37. The molecule has 0 saturated carbocycles. The maximum absolute atomic E-state index is 13.3. The zero-order valence-corrected chi connectivity index (χ0v) is 18.7. The van der Waals surface area contributed by atoms with Crippen LogP contribution in [0.5, 0.6) is 11.5 Å². The third-order valence-corrected chi connectivity index (χ3v) is 5.10. The van der Waals surface area contributed by atoms with E-state index >= 15 is 0 Å². The highest BCUT2D eigenvalue weighted by atomic mass is 16.6. The lowest BCUT2D eigenvalue weighted by molar-refractivity contribution is -0.386. The molecule has 0 spiro atoms. The van der Waals surface area contributed by atoms with Gasteiger partial charge in [-0.25, -0.2) is 0 Å². The number of nitrogens with zero attached hydrogens (tertiary/aromatic N) is 1. The van der Waals surface area contributed by atoms with Crippen LogP contribution in [0.4, 0.5) is 11.4 Å². The van der Waals surface area contributed by atoms with Gasteiger partial charge in [-0.15, -0.1) is 0 Å². The number of hydrogen-bond donors (Lipinski definition) is 4. The third kappa shape index (κ3) is 5.60. The van der Waals surface area contributed by atoms with Crippen LogP contribution in [0.15, 0.2) is 66.7 Å². The highest BCUT2D eigenvalue weighted by Gasteiger charge is 2.28. The SMILES string of the molecule is COc1cc(C(Nc2ccc(C(=N)N)cc2)C(=O)NCc2ccccc2)cc(OC)c1[N+](=O)[O-]. The first-order chi connectivity index (χ1) is 16.3. The molecule has 0 aromatic heterocycles. The van der Waals surface area contributed by atoms with Crippen molar-refractivity contribution >= 4 is 23.1 Å². The summed E-state index contributed by atoms with van der Waals surface area (Å²) in [4.78, 5) is 24.2. The van der Waals surface area contributed by atoms with Gasteiger partial charge in [-0.2, -0.15) is 0 Å². The molecular weight excluding hydrogens is 438 g/mol. The van der Waals surface area contributed by atoms with E-state index < -0.39 is 11.0 Å². The average molecular weight is 463 g/mol. The van der Waals surface area contributed by atoms with E-state index in [-0.39, 0.29) is 28.9 Å². The Morgan fingerprint density at radius 3 is 2.15 bits per heavy atom. The smallest absolute Gasteiger partial charge is 0.352 e. The number of hydrogen-bond acceptors (Lipinski definition) is 7. The molecule has 1 atom stereocenters. The van der Waals surface area contributed by atoms with Crippen molar-refractivity contribution in [1.82, 2.24) is 5.32 Å². The number of amides is 1. The van der Waals surface area contributed by atoms with Crippen LogP contribution in [-0.2, 0) is 11.3 Å². The molecule has 3 rings (SSSR count). The average Bonchev–Trinajstić information content (AvgIpc) is 2.85. The van der Waals surface area contributed by atoms with Gasteiger partial charge in [0, 0.05) is 17.8 Å². The van der Waals surface area contributed by atoms with Crippen molar-refractivity contribution in [3.8, 4) is 11.5 Å². The predicted molar refractivity (Wildman–Crippen MR) is 128 cm³/mol. The summed E-state index contributed by atoms with van der Waals surface area (Å²) in [5.74, 6) is -0.506. The van der Waals surface area contributed by atoms with Gasteiger partial charge in [0.15, 0.2) is 0 Å². The number of nitro groups is 1. The molecule has 10 heteroatoms. The molecule has 0 heterocycles. The molecule has 10 nitrogen and oxygen atoms in total. The van der Waals surface area contributed by atoms with Crippen LogP contribution < -0.4 is 25.8 Å². The molecule has 176 valence electrons. The van der Waals surface area contributed by atoms with Gasteiger partial charge < -0.3 is 25.8 Å². The second-order valence-electron chi connectivity index (χ2n) is 7.30. The molecule has 0 aliphatic carbocycles. The van der Waals surface area contributed by atoms with E-state index in [1.54, 1.807) is 24.3 Å². The number of ether oxygens (including phenoxy) is 2. The van der Waals surface area contributed by atoms with Gasteiger partial charge in [-0.3, -0.25) is 20.3 Å². The Kier molecular flexibility index (Phi) is 7.65. The van der Waals surface area contributed by atoms with Crippen LogP contribution in [0, 0.1) is 15.5 Å². The van der Waals surface area contributed by atoms with E-state index in [2.05, 4.69) is 10.6 Å². The van der Waals surface area contributed by atoms with Gasteiger partial charge in [-0.05, 0) is 47.5 Å². The van der Waals surface area contributed by atoms with E-state index in [4.69, 9.17) is 20.6 Å². The highest BCUT2D eigenvalue weighted by Crippen LogP contribution is 2.40. The molecule has 3 aromatic rings. The number of nitrogen functional groups attached to an aromatic ring is 1. The number of carbonyl (C=O) groups excluding carboxylic acids is 1. The van der Waals surface area contributed by atoms with Crippen LogP contribution >= 0.6 is 0 Å². The number of carbonyl (C=O) groups is 1. The molecule has 0 fully saturated rings. The van der Waals surface area contributed by atoms with E-state index in [1.807, 2.05) is 30.3 Å². The van der Waals surface area contributed by atoms with Gasteiger partial charge in [-0.1, -0.05) is 30.3 Å². The maximum Gasteiger partial charge on any atom is 0.352 e. The minimum Gasteiger partial charge on any atom is -0.490 e. The summed E-state index contributed by atoms with van der Waals surface area (Å²) >= 11 is 0. The molecule has 0 aliphatic heterocycles. The molecule has 1 amide bonds. The zero-order valence-electron chi connectivity index (χ0n) is 18.7. The zero-order chi connectivity index (χ0) is 24.7. The first-order valence-electron chi connectivity index (χ1n) is 10.3. The van der Waals surface area contributed by atoms with Crippen LogP contribution in [0.3, 0.4) is 0 Å². The lowest BCUT2D eigenvalue weighted by atomic mass is 10.0. The largest absolute Gasteiger partial charge is 0.490 e.